The normalized spacial score (nSPS) is 20.7. The topological polar surface area (TPSA) is 97.5 Å². The van der Waals surface area contributed by atoms with Crippen LogP contribution in [0.1, 0.15) is 56.2 Å². The van der Waals surface area contributed by atoms with Crippen molar-refractivity contribution in [3.63, 3.8) is 0 Å². The molecule has 2 aliphatic rings. The quantitative estimate of drug-likeness (QED) is 0.316. The number of β-amino-alcohol motifs (C(OH)–C–C–N with tert-alkyl or cyclic N) is 1. The first-order valence-corrected chi connectivity index (χ1v) is 15.6. The number of ether oxygens (including phenoxy) is 3. The zero-order chi connectivity index (χ0) is 30.3. The minimum Gasteiger partial charge on any atom is -0.490 e. The lowest BCUT2D eigenvalue weighted by atomic mass is 9.84. The minimum absolute atomic E-state index is 0.193. The summed E-state index contributed by atoms with van der Waals surface area (Å²) in [7, 11) is 0. The third-order valence-electron chi connectivity index (χ3n) is 8.38. The Bertz CT molecular complexity index is 1340. The lowest BCUT2D eigenvalue weighted by molar-refractivity contribution is -0.143. The average molecular weight is 588 g/mol. The summed E-state index contributed by atoms with van der Waals surface area (Å²) in [5.41, 5.74) is 10.2. The van der Waals surface area contributed by atoms with Crippen molar-refractivity contribution in [3.8, 4) is 17.2 Å². The predicted octanol–water partition coefficient (Wildman–Crippen LogP) is 5.26. The SMILES string of the molecule is CCCCN1CCOc2ccc(CO[C@H]3CN(C(=O)[C@H](C)N)C[C@@H](O)[C@@H]3c3ccc(Oc4ccc(CC)cc4)cc3)cc21. The summed E-state index contributed by atoms with van der Waals surface area (Å²) in [6, 6.07) is 21.4. The van der Waals surface area contributed by atoms with Crippen LogP contribution in [0.15, 0.2) is 66.7 Å². The number of nitrogens with two attached hydrogens (primary N) is 1. The number of hydrogen-bond acceptors (Lipinski definition) is 7. The molecular formula is C35H45N3O5. The Morgan fingerprint density at radius 2 is 1.72 bits per heavy atom. The van der Waals surface area contributed by atoms with E-state index in [1.807, 2.05) is 48.5 Å². The summed E-state index contributed by atoms with van der Waals surface area (Å²) < 4.78 is 18.5. The number of nitrogens with zero attached hydrogens (tertiary/aromatic N) is 2. The zero-order valence-electron chi connectivity index (χ0n) is 25.6. The Labute approximate surface area is 255 Å². The predicted molar refractivity (Wildman–Crippen MR) is 169 cm³/mol. The molecule has 0 aliphatic carbocycles. The first kappa shape index (κ1) is 30.9. The van der Waals surface area contributed by atoms with Gasteiger partial charge in [0.15, 0.2) is 0 Å². The van der Waals surface area contributed by atoms with E-state index in [1.165, 1.54) is 5.56 Å². The van der Waals surface area contributed by atoms with Crippen molar-refractivity contribution in [2.24, 2.45) is 5.73 Å². The van der Waals surface area contributed by atoms with Crippen LogP contribution in [0.3, 0.4) is 0 Å². The van der Waals surface area contributed by atoms with Gasteiger partial charge < -0.3 is 34.9 Å². The molecule has 43 heavy (non-hydrogen) atoms. The number of aliphatic hydroxyl groups is 1. The number of carbonyl (C=O) groups excluding carboxylic acids is 1. The fourth-order valence-corrected chi connectivity index (χ4v) is 5.93. The van der Waals surface area contributed by atoms with Crippen LogP contribution in [-0.4, -0.2) is 66.9 Å². The molecule has 3 N–H and O–H groups in total. The highest BCUT2D eigenvalue weighted by Gasteiger charge is 2.40. The molecular weight excluding hydrogens is 542 g/mol. The van der Waals surface area contributed by atoms with Gasteiger partial charge in [0.1, 0.15) is 23.9 Å². The summed E-state index contributed by atoms with van der Waals surface area (Å²) in [5.74, 6) is 1.87. The minimum atomic E-state index is -0.809. The van der Waals surface area contributed by atoms with E-state index in [2.05, 4.69) is 36.9 Å². The van der Waals surface area contributed by atoms with Crippen LogP contribution in [0.2, 0.25) is 0 Å². The number of hydrogen-bond donors (Lipinski definition) is 2. The third kappa shape index (κ3) is 7.50. The van der Waals surface area contributed by atoms with E-state index >= 15 is 0 Å². The van der Waals surface area contributed by atoms with Crippen molar-refractivity contribution in [1.82, 2.24) is 4.90 Å². The molecule has 0 saturated carbocycles. The van der Waals surface area contributed by atoms with Crippen LogP contribution in [-0.2, 0) is 22.6 Å². The highest BCUT2D eigenvalue weighted by Crippen LogP contribution is 2.36. The fraction of sp³-hybridized carbons (Fsp3) is 0.457. The Morgan fingerprint density at radius 1 is 1.02 bits per heavy atom. The van der Waals surface area contributed by atoms with Gasteiger partial charge in [0.2, 0.25) is 5.91 Å². The van der Waals surface area contributed by atoms with Crippen molar-refractivity contribution in [2.45, 2.75) is 70.8 Å². The molecule has 3 aromatic carbocycles. The van der Waals surface area contributed by atoms with Gasteiger partial charge in [-0.2, -0.15) is 0 Å². The van der Waals surface area contributed by atoms with Crippen LogP contribution < -0.4 is 20.1 Å². The number of piperidine rings is 1. The molecule has 1 fully saturated rings. The second kappa shape index (κ2) is 14.3. The molecule has 1 amide bonds. The van der Waals surface area contributed by atoms with Crippen molar-refractivity contribution < 1.29 is 24.1 Å². The molecule has 2 aliphatic heterocycles. The first-order valence-electron chi connectivity index (χ1n) is 15.6. The lowest BCUT2D eigenvalue weighted by Crippen LogP contribution is -2.56. The van der Waals surface area contributed by atoms with E-state index in [-0.39, 0.29) is 18.4 Å². The van der Waals surface area contributed by atoms with E-state index in [9.17, 15) is 9.90 Å². The van der Waals surface area contributed by atoms with Crippen LogP contribution in [0.25, 0.3) is 0 Å². The van der Waals surface area contributed by atoms with Gasteiger partial charge in [-0.25, -0.2) is 0 Å². The molecule has 8 nitrogen and oxygen atoms in total. The standard InChI is InChI=1S/C35H45N3O5/c1-4-6-17-37-18-19-41-32-16-9-26(20-30(32)37)23-42-33-22-38(35(40)24(3)36)21-31(39)34(33)27-10-14-29(15-11-27)43-28-12-7-25(5-2)8-13-28/h7-16,20,24,31,33-34,39H,4-6,17-19,21-23,36H2,1-3H3/t24-,31+,33-,34-/m0/s1. The number of aryl methyl sites for hydroxylation is 1. The summed E-state index contributed by atoms with van der Waals surface area (Å²) in [4.78, 5) is 16.9. The summed E-state index contributed by atoms with van der Waals surface area (Å²) in [5, 5.41) is 11.4. The molecule has 0 radical (unpaired) electrons. The fourth-order valence-electron chi connectivity index (χ4n) is 5.93. The van der Waals surface area contributed by atoms with Gasteiger partial charge in [-0.05, 0) is 72.9 Å². The van der Waals surface area contributed by atoms with Gasteiger partial charge in [-0.15, -0.1) is 0 Å². The highest BCUT2D eigenvalue weighted by molar-refractivity contribution is 5.81. The number of fused-ring (bicyclic) bond motifs is 1. The monoisotopic (exact) mass is 587 g/mol. The van der Waals surface area contributed by atoms with Crippen LogP contribution in [0.4, 0.5) is 5.69 Å². The molecule has 1 saturated heterocycles. The highest BCUT2D eigenvalue weighted by atomic mass is 16.5. The maximum Gasteiger partial charge on any atom is 0.239 e. The van der Waals surface area contributed by atoms with Crippen LogP contribution in [0.5, 0.6) is 17.2 Å². The maximum atomic E-state index is 12.8. The Kier molecular flexibility index (Phi) is 10.2. The number of benzene rings is 3. The molecule has 4 atom stereocenters. The second-order valence-corrected chi connectivity index (χ2v) is 11.6. The summed E-state index contributed by atoms with van der Waals surface area (Å²) >= 11 is 0. The van der Waals surface area contributed by atoms with Gasteiger partial charge in [0.25, 0.3) is 0 Å². The molecule has 3 aromatic rings. The smallest absolute Gasteiger partial charge is 0.239 e. The number of aliphatic hydroxyl groups excluding tert-OH is 1. The molecule has 0 bridgehead atoms. The molecule has 0 unspecified atom stereocenters. The number of anilines is 1. The molecule has 2 heterocycles. The van der Waals surface area contributed by atoms with E-state index in [4.69, 9.17) is 19.9 Å². The number of amides is 1. The van der Waals surface area contributed by atoms with Crippen molar-refractivity contribution in [2.75, 3.05) is 37.7 Å². The molecule has 0 aromatic heterocycles. The summed E-state index contributed by atoms with van der Waals surface area (Å²) in [6.45, 7) is 9.44. The average Bonchev–Trinajstić information content (AvgIpc) is 3.03. The maximum absolute atomic E-state index is 12.8. The van der Waals surface area contributed by atoms with E-state index in [0.29, 0.717) is 25.5 Å². The van der Waals surface area contributed by atoms with E-state index in [1.54, 1.807) is 11.8 Å². The lowest BCUT2D eigenvalue weighted by Gasteiger charge is -2.42. The van der Waals surface area contributed by atoms with Gasteiger partial charge in [-0.1, -0.05) is 50.6 Å². The Morgan fingerprint density at radius 3 is 2.40 bits per heavy atom. The van der Waals surface area contributed by atoms with Gasteiger partial charge in [0.05, 0.1) is 37.1 Å². The van der Waals surface area contributed by atoms with E-state index in [0.717, 1.165) is 60.7 Å². The first-order chi connectivity index (χ1) is 20.9. The zero-order valence-corrected chi connectivity index (χ0v) is 25.6. The number of unbranched alkanes of at least 4 members (excludes halogenated alkanes) is 1. The molecule has 5 rings (SSSR count). The van der Waals surface area contributed by atoms with Crippen molar-refractivity contribution in [3.05, 3.63) is 83.4 Å². The van der Waals surface area contributed by atoms with Crippen LogP contribution >= 0.6 is 0 Å². The second-order valence-electron chi connectivity index (χ2n) is 11.6. The van der Waals surface area contributed by atoms with Crippen LogP contribution in [0, 0.1) is 0 Å². The Hall–Kier alpha value is -3.59. The van der Waals surface area contributed by atoms with Crippen molar-refractivity contribution in [1.29, 1.82) is 0 Å². The largest absolute Gasteiger partial charge is 0.490 e. The number of rotatable bonds is 11. The van der Waals surface area contributed by atoms with Crippen molar-refractivity contribution >= 4 is 11.6 Å². The molecule has 230 valence electrons. The van der Waals surface area contributed by atoms with Gasteiger partial charge in [0, 0.05) is 25.6 Å². The van der Waals surface area contributed by atoms with E-state index < -0.39 is 18.2 Å². The molecule has 8 heteroatoms. The third-order valence-corrected chi connectivity index (χ3v) is 8.38. The molecule has 0 spiro atoms. The summed E-state index contributed by atoms with van der Waals surface area (Å²) in [6.07, 6.45) is 2.00. The Balaban J connectivity index is 1.33. The van der Waals surface area contributed by atoms with Gasteiger partial charge in [-0.3, -0.25) is 4.79 Å². The number of likely N-dealkylation sites (tertiary alicyclic amines) is 1. The van der Waals surface area contributed by atoms with Gasteiger partial charge >= 0.3 is 0 Å². The number of carbonyl (C=O) groups is 1.